The second kappa shape index (κ2) is 54.1. The Balaban J connectivity index is 1.19. The number of unbranched alkanes of at least 4 members (excludes halogenated alkanes) is 35. The maximum Gasteiger partial charge on any atom is 0.220 e. The lowest BCUT2D eigenvalue weighted by atomic mass is 9.96. The van der Waals surface area contributed by atoms with Gasteiger partial charge in [-0.25, -0.2) is 0 Å². The molecule has 3 saturated heterocycles. The molecule has 3 aliphatic rings. The summed E-state index contributed by atoms with van der Waals surface area (Å²) in [6.07, 6.45) is 37.9. The van der Waals surface area contributed by atoms with Crippen molar-refractivity contribution in [3.63, 3.8) is 0 Å². The molecule has 0 spiro atoms. The van der Waals surface area contributed by atoms with Crippen molar-refractivity contribution in [2.75, 3.05) is 26.4 Å². The van der Waals surface area contributed by atoms with Crippen LogP contribution in [0.3, 0.4) is 0 Å². The molecule has 17 unspecified atom stereocenters. The van der Waals surface area contributed by atoms with Gasteiger partial charge in [-0.15, -0.1) is 0 Å². The standard InChI is InChI=1S/C72H133NO18/c1-3-5-7-9-10-11-12-13-14-15-16-17-18-19-20-21-22-23-24-25-26-27-28-29-30-31-32-33-34-35-36-37-38-39-40-41-42-43-44-46-48-50-60(78)73-55(56(77)49-47-45-8-6-4-2)54-86-70-66(84)63(81)68(58(52-75)88-70)91-72-67(85)64(82)69(59(53-76)89-72)90-71-65(83)62(80)61(79)57(51-74)87-71/h12-13,15-16,18-19,55-59,61-72,74-77,79-85H,3-11,14,17,20-54H2,1-2H3,(H,73,78)/b13-12-,16-15-,19-18-. The van der Waals surface area contributed by atoms with Gasteiger partial charge >= 0.3 is 0 Å². The fourth-order valence-electron chi connectivity index (χ4n) is 12.5. The predicted molar refractivity (Wildman–Crippen MR) is 356 cm³/mol. The van der Waals surface area contributed by atoms with E-state index in [2.05, 4.69) is 55.6 Å². The summed E-state index contributed by atoms with van der Waals surface area (Å²) >= 11 is 0. The molecule has 3 heterocycles. The van der Waals surface area contributed by atoms with Crippen LogP contribution in [-0.2, 0) is 33.2 Å². The molecule has 1 amide bonds. The van der Waals surface area contributed by atoms with Gasteiger partial charge in [0.1, 0.15) is 73.2 Å². The first-order chi connectivity index (χ1) is 44.3. The van der Waals surface area contributed by atoms with Gasteiger partial charge in [-0.1, -0.05) is 262 Å². The molecule has 0 bridgehead atoms. The molecule has 0 aromatic heterocycles. The molecule has 534 valence electrons. The molecule has 12 N–H and O–H groups in total. The van der Waals surface area contributed by atoms with Crippen molar-refractivity contribution in [3.05, 3.63) is 36.5 Å². The van der Waals surface area contributed by atoms with Crippen LogP contribution in [0.25, 0.3) is 0 Å². The Labute approximate surface area is 549 Å². The Morgan fingerprint density at radius 3 is 1.13 bits per heavy atom. The van der Waals surface area contributed by atoms with Crippen molar-refractivity contribution < 1.29 is 89.4 Å². The Kier molecular flexibility index (Phi) is 49.5. The van der Waals surface area contributed by atoms with E-state index in [0.29, 0.717) is 12.8 Å². The van der Waals surface area contributed by atoms with Crippen molar-refractivity contribution in [2.45, 2.75) is 388 Å². The maximum absolute atomic E-state index is 13.3. The average molecular weight is 1300 g/mol. The van der Waals surface area contributed by atoms with Crippen molar-refractivity contribution in [1.29, 1.82) is 0 Å². The van der Waals surface area contributed by atoms with Crippen LogP contribution in [0.2, 0.25) is 0 Å². The molecule has 3 fully saturated rings. The maximum atomic E-state index is 13.3. The number of nitrogens with one attached hydrogen (secondary N) is 1. The monoisotopic (exact) mass is 1300 g/mol. The third-order valence-corrected chi connectivity index (χ3v) is 18.5. The first kappa shape index (κ1) is 83.2. The Bertz CT molecular complexity index is 1790. The lowest BCUT2D eigenvalue weighted by Crippen LogP contribution is -2.66. The Morgan fingerprint density at radius 1 is 0.396 bits per heavy atom. The molecular weight excluding hydrogens is 1170 g/mol. The summed E-state index contributed by atoms with van der Waals surface area (Å²) in [7, 11) is 0. The van der Waals surface area contributed by atoms with Gasteiger partial charge in [0.05, 0.1) is 38.6 Å². The van der Waals surface area contributed by atoms with Crippen LogP contribution in [0.5, 0.6) is 0 Å². The number of aliphatic hydroxyl groups excluding tert-OH is 11. The topological polar surface area (TPSA) is 307 Å². The van der Waals surface area contributed by atoms with E-state index in [0.717, 1.165) is 64.2 Å². The fourth-order valence-corrected chi connectivity index (χ4v) is 12.5. The first-order valence-corrected chi connectivity index (χ1v) is 36.7. The molecule has 17 atom stereocenters. The predicted octanol–water partition coefficient (Wildman–Crippen LogP) is 10.4. The quantitative estimate of drug-likeness (QED) is 0.0199. The van der Waals surface area contributed by atoms with E-state index < -0.39 is 124 Å². The van der Waals surface area contributed by atoms with Gasteiger partial charge in [0.25, 0.3) is 0 Å². The van der Waals surface area contributed by atoms with E-state index in [9.17, 15) is 61.0 Å². The Morgan fingerprint density at radius 2 is 0.725 bits per heavy atom. The average Bonchev–Trinajstić information content (AvgIpc) is 0.864. The summed E-state index contributed by atoms with van der Waals surface area (Å²) < 4.78 is 34.2. The lowest BCUT2D eigenvalue weighted by molar-refractivity contribution is -0.379. The number of hydrogen-bond acceptors (Lipinski definition) is 18. The SMILES string of the molecule is CCCCCCC/C=C\C/C=C\C/C=C\CCCCCCCCCCCCCCCCCCCCCCCCCCCCC(=O)NC(COC1OC(CO)C(OC2OC(CO)C(OC3OC(CO)C(O)C(O)C3O)C(O)C2O)C(O)C1O)C(O)CCCCCCC. The number of hydrogen-bond donors (Lipinski definition) is 12. The number of ether oxygens (including phenoxy) is 6. The fraction of sp³-hybridized carbons (Fsp3) is 0.903. The minimum atomic E-state index is -1.97. The summed E-state index contributed by atoms with van der Waals surface area (Å²) in [6.45, 7) is 1.69. The highest BCUT2D eigenvalue weighted by molar-refractivity contribution is 5.76. The van der Waals surface area contributed by atoms with Crippen LogP contribution in [0.4, 0.5) is 0 Å². The summed E-state index contributed by atoms with van der Waals surface area (Å²) in [6, 6.07) is -0.881. The molecule has 0 aromatic carbocycles. The van der Waals surface area contributed by atoms with Gasteiger partial charge in [-0.2, -0.15) is 0 Å². The van der Waals surface area contributed by atoms with E-state index in [1.807, 2.05) is 0 Å². The van der Waals surface area contributed by atoms with Crippen LogP contribution < -0.4 is 5.32 Å². The largest absolute Gasteiger partial charge is 0.394 e. The van der Waals surface area contributed by atoms with E-state index in [1.165, 1.54) is 186 Å². The molecule has 0 aromatic rings. The number of carbonyl (C=O) groups is 1. The van der Waals surface area contributed by atoms with Gasteiger partial charge in [0.2, 0.25) is 5.91 Å². The van der Waals surface area contributed by atoms with Crippen LogP contribution in [-0.4, -0.2) is 193 Å². The van der Waals surface area contributed by atoms with Crippen molar-refractivity contribution in [3.8, 4) is 0 Å². The summed E-state index contributed by atoms with van der Waals surface area (Å²) in [5.74, 6) is -0.246. The molecule has 3 rings (SSSR count). The summed E-state index contributed by atoms with van der Waals surface area (Å²) in [5.41, 5.74) is 0. The highest BCUT2D eigenvalue weighted by atomic mass is 16.8. The molecule has 3 aliphatic heterocycles. The van der Waals surface area contributed by atoms with E-state index >= 15 is 0 Å². The van der Waals surface area contributed by atoms with Gasteiger partial charge in [-0.05, 0) is 51.4 Å². The zero-order chi connectivity index (χ0) is 66.1. The molecule has 0 saturated carbocycles. The van der Waals surface area contributed by atoms with Crippen molar-refractivity contribution in [2.24, 2.45) is 0 Å². The van der Waals surface area contributed by atoms with Gasteiger partial charge in [-0.3, -0.25) is 4.79 Å². The van der Waals surface area contributed by atoms with E-state index in [4.69, 9.17) is 28.4 Å². The minimum absolute atomic E-state index is 0.246. The highest BCUT2D eigenvalue weighted by Gasteiger charge is 2.53. The number of carbonyl (C=O) groups excluding carboxylic acids is 1. The number of amides is 1. The smallest absolute Gasteiger partial charge is 0.220 e. The Hall–Kier alpha value is -1.99. The number of rotatable bonds is 57. The molecule has 91 heavy (non-hydrogen) atoms. The van der Waals surface area contributed by atoms with E-state index in [1.54, 1.807) is 0 Å². The van der Waals surface area contributed by atoms with E-state index in [-0.39, 0.29) is 18.9 Å². The zero-order valence-electron chi connectivity index (χ0n) is 56.6. The van der Waals surface area contributed by atoms with Crippen LogP contribution >= 0.6 is 0 Å². The molecule has 0 aliphatic carbocycles. The summed E-state index contributed by atoms with van der Waals surface area (Å²) in [5, 5.41) is 120. The normalized spacial score (nSPS) is 28.0. The zero-order valence-corrected chi connectivity index (χ0v) is 56.6. The van der Waals surface area contributed by atoms with Crippen LogP contribution in [0.15, 0.2) is 36.5 Å². The van der Waals surface area contributed by atoms with Crippen LogP contribution in [0, 0.1) is 0 Å². The summed E-state index contributed by atoms with van der Waals surface area (Å²) in [4.78, 5) is 13.3. The molecular formula is C72H133NO18. The van der Waals surface area contributed by atoms with Gasteiger partial charge in [0, 0.05) is 6.42 Å². The number of aliphatic hydroxyl groups is 11. The minimum Gasteiger partial charge on any atom is -0.394 e. The second-order valence-corrected chi connectivity index (χ2v) is 26.4. The third-order valence-electron chi connectivity index (χ3n) is 18.5. The highest BCUT2D eigenvalue weighted by Crippen LogP contribution is 2.33. The molecule has 19 nitrogen and oxygen atoms in total. The van der Waals surface area contributed by atoms with Crippen molar-refractivity contribution >= 4 is 5.91 Å². The third kappa shape index (κ3) is 35.7. The van der Waals surface area contributed by atoms with Gasteiger partial charge < -0.3 is 89.9 Å². The molecule has 0 radical (unpaired) electrons. The lowest BCUT2D eigenvalue weighted by Gasteiger charge is -2.48. The van der Waals surface area contributed by atoms with Crippen LogP contribution in [0.1, 0.15) is 284 Å². The first-order valence-electron chi connectivity index (χ1n) is 36.7. The molecule has 19 heteroatoms. The second-order valence-electron chi connectivity index (χ2n) is 26.4. The van der Waals surface area contributed by atoms with Gasteiger partial charge in [0.15, 0.2) is 18.9 Å². The number of allylic oxidation sites excluding steroid dienone is 6. The van der Waals surface area contributed by atoms with Crippen molar-refractivity contribution in [1.82, 2.24) is 5.32 Å².